The van der Waals surface area contributed by atoms with Crippen LogP contribution in [0.4, 0.5) is 0 Å². The summed E-state index contributed by atoms with van der Waals surface area (Å²) in [7, 11) is -3.16. The SMILES string of the molecule is CCCC1CCCCN1S(=O)(=O)C(C)CNC(C)C. The molecule has 0 aromatic carbocycles. The highest BCUT2D eigenvalue weighted by Gasteiger charge is 2.35. The van der Waals surface area contributed by atoms with Crippen LogP contribution in [0.3, 0.4) is 0 Å². The maximum atomic E-state index is 12.7. The maximum absolute atomic E-state index is 12.7. The molecule has 0 aromatic heterocycles. The van der Waals surface area contributed by atoms with Gasteiger partial charge in [0.25, 0.3) is 0 Å². The topological polar surface area (TPSA) is 49.4 Å². The molecular formula is C14H30N2O2S. The highest BCUT2D eigenvalue weighted by atomic mass is 32.2. The summed E-state index contributed by atoms with van der Waals surface area (Å²) in [6.07, 6.45) is 5.23. The number of piperidine rings is 1. The predicted octanol–water partition coefficient (Wildman–Crippen LogP) is 2.36. The van der Waals surface area contributed by atoms with Crippen molar-refractivity contribution >= 4 is 10.0 Å². The average Bonchev–Trinajstić information content (AvgIpc) is 2.36. The lowest BCUT2D eigenvalue weighted by Gasteiger charge is -2.36. The van der Waals surface area contributed by atoms with Crippen molar-refractivity contribution in [2.45, 2.75) is 77.1 Å². The van der Waals surface area contributed by atoms with Gasteiger partial charge in [0.15, 0.2) is 0 Å². The molecule has 0 radical (unpaired) electrons. The van der Waals surface area contributed by atoms with Crippen LogP contribution in [0.25, 0.3) is 0 Å². The molecule has 1 fully saturated rings. The maximum Gasteiger partial charge on any atom is 0.218 e. The molecule has 19 heavy (non-hydrogen) atoms. The predicted molar refractivity (Wildman–Crippen MR) is 80.8 cm³/mol. The Balaban J connectivity index is 2.72. The first-order valence-corrected chi connectivity index (χ1v) is 9.14. The summed E-state index contributed by atoms with van der Waals surface area (Å²) in [6, 6.07) is 0.552. The van der Waals surface area contributed by atoms with Gasteiger partial charge in [0.1, 0.15) is 0 Å². The van der Waals surface area contributed by atoms with Gasteiger partial charge in [0.05, 0.1) is 5.25 Å². The molecule has 2 atom stereocenters. The molecule has 2 unspecified atom stereocenters. The van der Waals surface area contributed by atoms with Crippen LogP contribution in [0.1, 0.15) is 59.8 Å². The second-order valence-electron chi connectivity index (χ2n) is 5.97. The number of hydrogen-bond acceptors (Lipinski definition) is 3. The summed E-state index contributed by atoms with van der Waals surface area (Å²) in [5.41, 5.74) is 0. The molecule has 0 spiro atoms. The molecule has 1 N–H and O–H groups in total. The van der Waals surface area contributed by atoms with Crippen LogP contribution in [0, 0.1) is 0 Å². The zero-order chi connectivity index (χ0) is 14.5. The van der Waals surface area contributed by atoms with E-state index in [1.165, 1.54) is 0 Å². The number of hydrogen-bond donors (Lipinski definition) is 1. The minimum absolute atomic E-state index is 0.227. The third-order valence-corrected chi connectivity index (χ3v) is 6.16. The Hall–Kier alpha value is -0.130. The summed E-state index contributed by atoms with van der Waals surface area (Å²) in [6.45, 7) is 9.28. The fraction of sp³-hybridized carbons (Fsp3) is 1.00. The standard InChI is InChI=1S/C14H30N2O2S/c1-5-8-14-9-6-7-10-16(14)19(17,18)13(4)11-15-12(2)3/h12-15H,5-11H2,1-4H3. The van der Waals surface area contributed by atoms with Gasteiger partial charge >= 0.3 is 0 Å². The Morgan fingerprint density at radius 3 is 2.53 bits per heavy atom. The van der Waals surface area contributed by atoms with Gasteiger partial charge in [-0.15, -0.1) is 0 Å². The third-order valence-electron chi connectivity index (χ3n) is 3.84. The summed E-state index contributed by atoms with van der Waals surface area (Å²) < 4.78 is 27.1. The van der Waals surface area contributed by atoms with Gasteiger partial charge in [-0.1, -0.05) is 33.6 Å². The van der Waals surface area contributed by atoms with E-state index in [0.717, 1.165) is 32.1 Å². The van der Waals surface area contributed by atoms with Crippen molar-refractivity contribution in [2.75, 3.05) is 13.1 Å². The Morgan fingerprint density at radius 2 is 1.95 bits per heavy atom. The summed E-state index contributed by atoms with van der Waals surface area (Å²) in [4.78, 5) is 0. The molecule has 114 valence electrons. The van der Waals surface area contributed by atoms with Gasteiger partial charge in [-0.3, -0.25) is 0 Å². The van der Waals surface area contributed by atoms with Crippen LogP contribution < -0.4 is 5.32 Å². The minimum atomic E-state index is -3.16. The lowest BCUT2D eigenvalue weighted by atomic mass is 10.0. The zero-order valence-electron chi connectivity index (χ0n) is 12.9. The average molecular weight is 290 g/mol. The molecule has 0 aromatic rings. The van der Waals surface area contributed by atoms with Gasteiger partial charge in [-0.25, -0.2) is 8.42 Å². The van der Waals surface area contributed by atoms with Crippen LogP contribution in [0.5, 0.6) is 0 Å². The van der Waals surface area contributed by atoms with Crippen molar-refractivity contribution in [3.63, 3.8) is 0 Å². The number of nitrogens with zero attached hydrogens (tertiary/aromatic N) is 1. The monoisotopic (exact) mass is 290 g/mol. The van der Waals surface area contributed by atoms with Crippen LogP contribution in [-0.2, 0) is 10.0 Å². The van der Waals surface area contributed by atoms with Gasteiger partial charge in [0.2, 0.25) is 10.0 Å². The smallest absolute Gasteiger partial charge is 0.218 e. The molecular weight excluding hydrogens is 260 g/mol. The first kappa shape index (κ1) is 16.9. The van der Waals surface area contributed by atoms with E-state index in [2.05, 4.69) is 12.2 Å². The normalized spacial score (nSPS) is 23.7. The second-order valence-corrected chi connectivity index (χ2v) is 8.27. The van der Waals surface area contributed by atoms with Crippen LogP contribution in [0.15, 0.2) is 0 Å². The lowest BCUT2D eigenvalue weighted by Crippen LogP contribution is -2.49. The molecule has 1 rings (SSSR count). The molecule has 4 nitrogen and oxygen atoms in total. The van der Waals surface area contributed by atoms with Crippen molar-refractivity contribution in [3.8, 4) is 0 Å². The minimum Gasteiger partial charge on any atom is -0.313 e. The van der Waals surface area contributed by atoms with E-state index in [-0.39, 0.29) is 11.3 Å². The molecule has 1 aliphatic heterocycles. The van der Waals surface area contributed by atoms with E-state index >= 15 is 0 Å². The Morgan fingerprint density at radius 1 is 1.26 bits per heavy atom. The molecule has 0 amide bonds. The van der Waals surface area contributed by atoms with E-state index in [1.54, 1.807) is 4.31 Å². The highest BCUT2D eigenvalue weighted by Crippen LogP contribution is 2.25. The lowest BCUT2D eigenvalue weighted by molar-refractivity contribution is 0.237. The Bertz CT molecular complexity index is 352. The molecule has 5 heteroatoms. The van der Waals surface area contributed by atoms with E-state index in [9.17, 15) is 8.42 Å². The van der Waals surface area contributed by atoms with Gasteiger partial charge in [-0.2, -0.15) is 4.31 Å². The zero-order valence-corrected chi connectivity index (χ0v) is 13.7. The first-order valence-electron chi connectivity index (χ1n) is 7.63. The van der Waals surface area contributed by atoms with Gasteiger partial charge in [-0.05, 0) is 26.2 Å². The largest absolute Gasteiger partial charge is 0.313 e. The first-order chi connectivity index (χ1) is 8.89. The van der Waals surface area contributed by atoms with Crippen molar-refractivity contribution < 1.29 is 8.42 Å². The number of nitrogens with one attached hydrogen (secondary N) is 1. The molecule has 0 bridgehead atoms. The van der Waals surface area contributed by atoms with Crippen LogP contribution >= 0.6 is 0 Å². The molecule has 1 saturated heterocycles. The fourth-order valence-electron chi connectivity index (χ4n) is 2.67. The van der Waals surface area contributed by atoms with Crippen molar-refractivity contribution in [3.05, 3.63) is 0 Å². The molecule has 0 aliphatic carbocycles. The molecule has 0 saturated carbocycles. The van der Waals surface area contributed by atoms with E-state index < -0.39 is 10.0 Å². The van der Waals surface area contributed by atoms with Crippen molar-refractivity contribution in [1.82, 2.24) is 9.62 Å². The van der Waals surface area contributed by atoms with E-state index in [0.29, 0.717) is 19.1 Å². The van der Waals surface area contributed by atoms with E-state index in [1.807, 2.05) is 20.8 Å². The van der Waals surface area contributed by atoms with E-state index in [4.69, 9.17) is 0 Å². The molecule has 1 aliphatic rings. The number of sulfonamides is 1. The number of rotatable bonds is 7. The van der Waals surface area contributed by atoms with Crippen molar-refractivity contribution in [2.24, 2.45) is 0 Å². The van der Waals surface area contributed by atoms with Gasteiger partial charge in [0, 0.05) is 25.2 Å². The second kappa shape index (κ2) is 7.60. The Kier molecular flexibility index (Phi) is 6.77. The highest BCUT2D eigenvalue weighted by molar-refractivity contribution is 7.89. The third kappa shape index (κ3) is 4.72. The van der Waals surface area contributed by atoms with Crippen molar-refractivity contribution in [1.29, 1.82) is 0 Å². The Labute approximate surface area is 119 Å². The summed E-state index contributed by atoms with van der Waals surface area (Å²) in [5, 5.41) is 2.89. The van der Waals surface area contributed by atoms with Crippen LogP contribution in [0.2, 0.25) is 0 Å². The molecule has 1 heterocycles. The summed E-state index contributed by atoms with van der Waals surface area (Å²) in [5.74, 6) is 0. The van der Waals surface area contributed by atoms with Gasteiger partial charge < -0.3 is 5.32 Å². The summed E-state index contributed by atoms with van der Waals surface area (Å²) >= 11 is 0. The van der Waals surface area contributed by atoms with Crippen LogP contribution in [-0.4, -0.2) is 43.1 Å². The quantitative estimate of drug-likeness (QED) is 0.783. The fourth-order valence-corrected chi connectivity index (χ4v) is 4.45.